The van der Waals surface area contributed by atoms with Gasteiger partial charge in [0.1, 0.15) is 11.6 Å². The van der Waals surface area contributed by atoms with E-state index in [4.69, 9.17) is 5.84 Å². The maximum Gasteiger partial charge on any atom is 0.128 e. The second-order valence-electron chi connectivity index (χ2n) is 3.69. The molecule has 0 spiro atoms. The molecule has 1 atom stereocenters. The lowest BCUT2D eigenvalue weighted by molar-refractivity contribution is 0.498. The number of rotatable bonds is 5. The van der Waals surface area contributed by atoms with Crippen molar-refractivity contribution in [3.05, 3.63) is 47.5 Å². The van der Waals surface area contributed by atoms with E-state index in [2.05, 4.69) is 12.0 Å². The largest absolute Gasteiger partial charge is 0.271 e. The van der Waals surface area contributed by atoms with Crippen molar-refractivity contribution in [2.24, 2.45) is 5.84 Å². The molecule has 1 aromatic carbocycles. The molecule has 0 saturated heterocycles. The first-order valence-electron chi connectivity index (χ1n) is 5.16. The Bertz CT molecular complexity index is 377. The van der Waals surface area contributed by atoms with Gasteiger partial charge >= 0.3 is 0 Å². The Balaban J connectivity index is 2.94. The van der Waals surface area contributed by atoms with Crippen molar-refractivity contribution in [2.75, 3.05) is 0 Å². The molecule has 0 amide bonds. The van der Waals surface area contributed by atoms with Gasteiger partial charge in [-0.05, 0) is 31.0 Å². The summed E-state index contributed by atoms with van der Waals surface area (Å²) in [6, 6.07) is 2.90. The van der Waals surface area contributed by atoms with Gasteiger partial charge in [-0.2, -0.15) is 0 Å². The quantitative estimate of drug-likeness (QED) is 0.460. The molecule has 0 heterocycles. The Morgan fingerprint density at radius 3 is 2.75 bits per heavy atom. The van der Waals surface area contributed by atoms with E-state index in [-0.39, 0.29) is 5.56 Å². The molecule has 88 valence electrons. The highest BCUT2D eigenvalue weighted by Crippen LogP contribution is 2.24. The SMILES string of the molecule is C=C(CC)CC(NN)c1cc(F)ccc1F. The Morgan fingerprint density at radius 2 is 2.19 bits per heavy atom. The van der Waals surface area contributed by atoms with E-state index in [0.717, 1.165) is 30.2 Å². The summed E-state index contributed by atoms with van der Waals surface area (Å²) in [6.07, 6.45) is 1.28. The molecule has 0 fully saturated rings. The summed E-state index contributed by atoms with van der Waals surface area (Å²) in [7, 11) is 0. The number of benzene rings is 1. The third-order valence-corrected chi connectivity index (χ3v) is 2.53. The van der Waals surface area contributed by atoms with Gasteiger partial charge in [0.2, 0.25) is 0 Å². The molecule has 0 aliphatic heterocycles. The topological polar surface area (TPSA) is 38.0 Å². The molecule has 3 N–H and O–H groups in total. The fourth-order valence-electron chi connectivity index (χ4n) is 1.47. The fourth-order valence-corrected chi connectivity index (χ4v) is 1.47. The Kier molecular flexibility index (Phi) is 4.58. The predicted molar refractivity (Wildman–Crippen MR) is 60.5 cm³/mol. The molecule has 4 heteroatoms. The molecule has 0 aromatic heterocycles. The van der Waals surface area contributed by atoms with Crippen LogP contribution in [0.2, 0.25) is 0 Å². The van der Waals surface area contributed by atoms with Gasteiger partial charge in [-0.1, -0.05) is 19.1 Å². The second-order valence-corrected chi connectivity index (χ2v) is 3.69. The number of hydrogen-bond donors (Lipinski definition) is 2. The van der Waals surface area contributed by atoms with Crippen LogP contribution >= 0.6 is 0 Å². The molecule has 0 aliphatic carbocycles. The average Bonchev–Trinajstić information content (AvgIpc) is 2.29. The zero-order chi connectivity index (χ0) is 12.1. The molecule has 2 nitrogen and oxygen atoms in total. The van der Waals surface area contributed by atoms with Crippen molar-refractivity contribution in [1.29, 1.82) is 0 Å². The summed E-state index contributed by atoms with van der Waals surface area (Å²) in [4.78, 5) is 0. The third kappa shape index (κ3) is 3.12. The van der Waals surface area contributed by atoms with E-state index in [1.165, 1.54) is 0 Å². The minimum atomic E-state index is -0.473. The highest BCUT2D eigenvalue weighted by Gasteiger charge is 2.15. The number of nitrogens with two attached hydrogens (primary N) is 1. The zero-order valence-electron chi connectivity index (χ0n) is 9.26. The Hall–Kier alpha value is -1.26. The molecule has 16 heavy (non-hydrogen) atoms. The zero-order valence-corrected chi connectivity index (χ0v) is 9.26. The average molecular weight is 226 g/mol. The molecule has 0 saturated carbocycles. The Morgan fingerprint density at radius 1 is 1.50 bits per heavy atom. The van der Waals surface area contributed by atoms with Crippen LogP contribution in [0.25, 0.3) is 0 Å². The van der Waals surface area contributed by atoms with Crippen molar-refractivity contribution in [3.8, 4) is 0 Å². The number of nitrogens with one attached hydrogen (secondary N) is 1. The molecule has 0 radical (unpaired) electrons. The Labute approximate surface area is 94.1 Å². The van der Waals surface area contributed by atoms with Crippen LogP contribution in [0.15, 0.2) is 30.4 Å². The van der Waals surface area contributed by atoms with E-state index >= 15 is 0 Å². The monoisotopic (exact) mass is 226 g/mol. The van der Waals surface area contributed by atoms with Crippen molar-refractivity contribution in [2.45, 2.75) is 25.8 Å². The van der Waals surface area contributed by atoms with Crippen molar-refractivity contribution >= 4 is 0 Å². The first-order valence-corrected chi connectivity index (χ1v) is 5.16. The van der Waals surface area contributed by atoms with E-state index in [9.17, 15) is 8.78 Å². The smallest absolute Gasteiger partial charge is 0.128 e. The number of hydrazine groups is 1. The first-order chi connectivity index (χ1) is 7.58. The summed E-state index contributed by atoms with van der Waals surface area (Å²) in [6.45, 7) is 5.78. The summed E-state index contributed by atoms with van der Waals surface area (Å²) in [5.74, 6) is 4.41. The van der Waals surface area contributed by atoms with Crippen LogP contribution in [-0.4, -0.2) is 0 Å². The fraction of sp³-hybridized carbons (Fsp3) is 0.333. The van der Waals surface area contributed by atoms with Gasteiger partial charge < -0.3 is 0 Å². The normalized spacial score (nSPS) is 12.5. The third-order valence-electron chi connectivity index (χ3n) is 2.53. The van der Waals surface area contributed by atoms with Crippen LogP contribution < -0.4 is 11.3 Å². The van der Waals surface area contributed by atoms with Crippen molar-refractivity contribution < 1.29 is 8.78 Å². The van der Waals surface area contributed by atoms with Gasteiger partial charge in [0.05, 0.1) is 6.04 Å². The molecule has 0 bridgehead atoms. The van der Waals surface area contributed by atoms with Gasteiger partial charge in [-0.15, -0.1) is 0 Å². The molecule has 1 unspecified atom stereocenters. The molecular weight excluding hydrogens is 210 g/mol. The van der Waals surface area contributed by atoms with E-state index < -0.39 is 17.7 Å². The van der Waals surface area contributed by atoms with Crippen LogP contribution in [0.1, 0.15) is 31.4 Å². The molecule has 1 aromatic rings. The van der Waals surface area contributed by atoms with Crippen molar-refractivity contribution in [1.82, 2.24) is 5.43 Å². The minimum absolute atomic E-state index is 0.233. The number of hydrogen-bond acceptors (Lipinski definition) is 2. The highest BCUT2D eigenvalue weighted by atomic mass is 19.1. The lowest BCUT2D eigenvalue weighted by atomic mass is 9.98. The highest BCUT2D eigenvalue weighted by molar-refractivity contribution is 5.23. The van der Waals surface area contributed by atoms with Crippen LogP contribution in [0, 0.1) is 11.6 Å². The maximum atomic E-state index is 13.5. The van der Waals surface area contributed by atoms with Gasteiger partial charge in [0, 0.05) is 5.56 Å². The van der Waals surface area contributed by atoms with Crippen LogP contribution in [0.3, 0.4) is 0 Å². The van der Waals surface area contributed by atoms with Gasteiger partial charge in [0.25, 0.3) is 0 Å². The van der Waals surface area contributed by atoms with Crippen LogP contribution in [-0.2, 0) is 0 Å². The minimum Gasteiger partial charge on any atom is -0.271 e. The van der Waals surface area contributed by atoms with E-state index in [1.54, 1.807) is 0 Å². The lowest BCUT2D eigenvalue weighted by Crippen LogP contribution is -2.29. The standard InChI is InChI=1S/C12H16F2N2/c1-3-8(2)6-12(16-15)10-7-9(13)4-5-11(10)14/h4-5,7,12,16H,2-3,6,15H2,1H3. The maximum absolute atomic E-state index is 13.5. The first kappa shape index (κ1) is 12.8. The summed E-state index contributed by atoms with van der Waals surface area (Å²) in [5.41, 5.74) is 3.65. The van der Waals surface area contributed by atoms with Gasteiger partial charge in [-0.3, -0.25) is 11.3 Å². The lowest BCUT2D eigenvalue weighted by Gasteiger charge is -2.17. The van der Waals surface area contributed by atoms with E-state index in [0.29, 0.717) is 6.42 Å². The number of halogens is 2. The summed E-state index contributed by atoms with van der Waals surface area (Å²) in [5, 5.41) is 0. The van der Waals surface area contributed by atoms with Crippen LogP contribution in [0.4, 0.5) is 8.78 Å². The van der Waals surface area contributed by atoms with Crippen molar-refractivity contribution in [3.63, 3.8) is 0 Å². The molecule has 1 rings (SSSR count). The van der Waals surface area contributed by atoms with E-state index in [1.807, 2.05) is 6.92 Å². The van der Waals surface area contributed by atoms with Crippen LogP contribution in [0.5, 0.6) is 0 Å². The summed E-state index contributed by atoms with van der Waals surface area (Å²) < 4.78 is 26.5. The van der Waals surface area contributed by atoms with Gasteiger partial charge in [-0.25, -0.2) is 8.78 Å². The summed E-state index contributed by atoms with van der Waals surface area (Å²) >= 11 is 0. The predicted octanol–water partition coefficient (Wildman–Crippen LogP) is 2.83. The van der Waals surface area contributed by atoms with Gasteiger partial charge in [0.15, 0.2) is 0 Å². The molecular formula is C12H16F2N2. The second kappa shape index (κ2) is 5.72. The molecule has 0 aliphatic rings.